The number of rotatable bonds is 8. The predicted molar refractivity (Wildman–Crippen MR) is 116 cm³/mol. The zero-order valence-corrected chi connectivity index (χ0v) is 16.4. The fourth-order valence-corrected chi connectivity index (χ4v) is 3.92. The Labute approximate surface area is 172 Å². The minimum Gasteiger partial charge on any atom is -0.394 e. The predicted octanol–water partition coefficient (Wildman–Crippen LogP) is 3.13. The smallest absolute Gasteiger partial charge is 0.226 e. The second-order valence-corrected chi connectivity index (χ2v) is 7.33. The van der Waals surface area contributed by atoms with Crippen LogP contribution in [-0.4, -0.2) is 44.4 Å². The maximum absolute atomic E-state index is 9.38. The lowest BCUT2D eigenvalue weighted by atomic mass is 10.1. The number of aromatic nitrogens is 3. The van der Waals surface area contributed by atoms with Gasteiger partial charge in [-0.05, 0) is 17.7 Å². The molecule has 0 aliphatic carbocycles. The molecule has 0 unspecified atom stereocenters. The Morgan fingerprint density at radius 2 is 1.76 bits per heavy atom. The zero-order valence-electron chi connectivity index (χ0n) is 15.6. The molecule has 1 aromatic carbocycles. The highest BCUT2D eigenvalue weighted by molar-refractivity contribution is 7.17. The lowest BCUT2D eigenvalue weighted by Gasteiger charge is -2.15. The molecular formula is C21H21N5O2S. The van der Waals surface area contributed by atoms with E-state index in [0.29, 0.717) is 18.3 Å². The van der Waals surface area contributed by atoms with Crippen LogP contribution in [0.1, 0.15) is 5.69 Å². The topological polar surface area (TPSA) is 103 Å². The van der Waals surface area contributed by atoms with Crippen molar-refractivity contribution in [2.24, 2.45) is 0 Å². The lowest BCUT2D eigenvalue weighted by molar-refractivity contribution is 0.203. The van der Waals surface area contributed by atoms with Crippen molar-refractivity contribution in [3.63, 3.8) is 0 Å². The number of nitrogens with one attached hydrogen (secondary N) is 2. The molecule has 148 valence electrons. The second-order valence-electron chi connectivity index (χ2n) is 6.47. The van der Waals surface area contributed by atoms with Gasteiger partial charge in [-0.3, -0.25) is 4.98 Å². The van der Waals surface area contributed by atoms with E-state index in [9.17, 15) is 10.2 Å². The summed E-state index contributed by atoms with van der Waals surface area (Å²) >= 11 is 1.53. The average Bonchev–Trinajstić information content (AvgIpc) is 3.21. The highest BCUT2D eigenvalue weighted by atomic mass is 32.1. The third kappa shape index (κ3) is 4.34. The van der Waals surface area contributed by atoms with Gasteiger partial charge in [-0.1, -0.05) is 36.4 Å². The molecule has 0 atom stereocenters. The monoisotopic (exact) mass is 407 g/mol. The molecule has 0 saturated heterocycles. The third-order valence-electron chi connectivity index (χ3n) is 4.46. The Morgan fingerprint density at radius 3 is 2.48 bits per heavy atom. The number of anilines is 2. The quantitative estimate of drug-likeness (QED) is 0.356. The van der Waals surface area contributed by atoms with Crippen LogP contribution in [-0.2, 0) is 6.54 Å². The number of benzene rings is 1. The first-order valence-corrected chi connectivity index (χ1v) is 10.1. The Balaban J connectivity index is 1.75. The van der Waals surface area contributed by atoms with Crippen molar-refractivity contribution in [2.75, 3.05) is 23.8 Å². The number of aliphatic hydroxyl groups excluding tert-OH is 2. The summed E-state index contributed by atoms with van der Waals surface area (Å²) in [5.74, 6) is 1.04. The molecule has 29 heavy (non-hydrogen) atoms. The largest absolute Gasteiger partial charge is 0.394 e. The summed E-state index contributed by atoms with van der Waals surface area (Å²) in [5, 5.41) is 28.1. The van der Waals surface area contributed by atoms with E-state index < -0.39 is 6.04 Å². The fraction of sp³-hybridized carbons (Fsp3) is 0.190. The summed E-state index contributed by atoms with van der Waals surface area (Å²) in [6.07, 6.45) is 1.76. The molecule has 0 bridgehead atoms. The van der Waals surface area contributed by atoms with Gasteiger partial charge >= 0.3 is 0 Å². The van der Waals surface area contributed by atoms with Crippen LogP contribution in [0.15, 0.2) is 60.1 Å². The Bertz CT molecular complexity index is 1070. The van der Waals surface area contributed by atoms with E-state index in [4.69, 9.17) is 0 Å². The second kappa shape index (κ2) is 8.95. The molecular weight excluding hydrogens is 386 g/mol. The van der Waals surface area contributed by atoms with Crippen LogP contribution >= 0.6 is 11.3 Å². The number of hydrogen-bond donors (Lipinski definition) is 4. The lowest BCUT2D eigenvalue weighted by Crippen LogP contribution is -2.28. The summed E-state index contributed by atoms with van der Waals surface area (Å²) in [6.45, 7) is 0.0858. The van der Waals surface area contributed by atoms with Crippen molar-refractivity contribution < 1.29 is 10.2 Å². The molecule has 0 fully saturated rings. The number of pyridine rings is 1. The van der Waals surface area contributed by atoms with Gasteiger partial charge in [-0.2, -0.15) is 4.98 Å². The van der Waals surface area contributed by atoms with Crippen molar-refractivity contribution in [2.45, 2.75) is 12.6 Å². The molecule has 0 amide bonds. The summed E-state index contributed by atoms with van der Waals surface area (Å²) < 4.78 is 0. The molecule has 8 heteroatoms. The number of aliphatic hydroxyl groups is 2. The fourth-order valence-electron chi connectivity index (χ4n) is 2.97. The van der Waals surface area contributed by atoms with Gasteiger partial charge in [-0.25, -0.2) is 4.98 Å². The highest BCUT2D eigenvalue weighted by Gasteiger charge is 2.17. The van der Waals surface area contributed by atoms with Crippen LogP contribution < -0.4 is 10.6 Å². The van der Waals surface area contributed by atoms with Crippen molar-refractivity contribution in [3.8, 4) is 11.1 Å². The van der Waals surface area contributed by atoms with Crippen molar-refractivity contribution >= 4 is 33.3 Å². The Hall–Kier alpha value is -3.07. The molecule has 0 saturated carbocycles. The van der Waals surface area contributed by atoms with E-state index in [2.05, 4.69) is 43.1 Å². The number of thiophene rings is 1. The van der Waals surface area contributed by atoms with E-state index in [1.165, 1.54) is 11.3 Å². The maximum Gasteiger partial charge on any atom is 0.226 e. The first-order chi connectivity index (χ1) is 14.3. The van der Waals surface area contributed by atoms with Crippen molar-refractivity contribution in [1.82, 2.24) is 15.0 Å². The molecule has 4 N–H and O–H groups in total. The normalized spacial score (nSPS) is 11.1. The van der Waals surface area contributed by atoms with Crippen LogP contribution in [0.25, 0.3) is 21.3 Å². The first-order valence-electron chi connectivity index (χ1n) is 9.25. The Morgan fingerprint density at radius 1 is 0.966 bits per heavy atom. The molecule has 3 aromatic heterocycles. The summed E-state index contributed by atoms with van der Waals surface area (Å²) in [6, 6.07) is 15.4. The van der Waals surface area contributed by atoms with Gasteiger partial charge < -0.3 is 20.8 Å². The minimum atomic E-state index is -0.523. The van der Waals surface area contributed by atoms with Gasteiger partial charge in [0.25, 0.3) is 0 Å². The minimum absolute atomic E-state index is 0.214. The summed E-state index contributed by atoms with van der Waals surface area (Å²) in [4.78, 5) is 14.4. The van der Waals surface area contributed by atoms with Gasteiger partial charge in [0.2, 0.25) is 5.95 Å². The van der Waals surface area contributed by atoms with Gasteiger partial charge in [0.05, 0.1) is 36.9 Å². The summed E-state index contributed by atoms with van der Waals surface area (Å²) in [7, 11) is 0. The molecule has 3 heterocycles. The molecule has 0 aliphatic rings. The number of hydrogen-bond acceptors (Lipinski definition) is 8. The number of fused-ring (bicyclic) bond motifs is 1. The standard InChI is InChI=1S/C21H21N5O2S/c27-11-16(12-28)24-21-25-19(23-10-15-8-4-5-9-22-15)18-17(13-29-20(18)26-21)14-6-2-1-3-7-14/h1-9,13,16,27-28H,10-12H2,(H2,23,24,25,26). The molecule has 4 aromatic rings. The van der Waals surface area contributed by atoms with E-state index in [0.717, 1.165) is 27.0 Å². The molecule has 0 aliphatic heterocycles. The van der Waals surface area contributed by atoms with Gasteiger partial charge in [0, 0.05) is 17.1 Å². The third-order valence-corrected chi connectivity index (χ3v) is 5.33. The average molecular weight is 407 g/mol. The molecule has 0 spiro atoms. The van der Waals surface area contributed by atoms with E-state index in [1.807, 2.05) is 36.4 Å². The SMILES string of the molecule is OCC(CO)Nc1nc(NCc2ccccn2)c2c(-c3ccccc3)csc2n1. The Kier molecular flexibility index (Phi) is 5.95. The van der Waals surface area contributed by atoms with Gasteiger partial charge in [0.1, 0.15) is 10.6 Å². The zero-order chi connectivity index (χ0) is 20.1. The van der Waals surface area contributed by atoms with Crippen LogP contribution in [0, 0.1) is 0 Å². The van der Waals surface area contributed by atoms with Crippen molar-refractivity contribution in [1.29, 1.82) is 0 Å². The summed E-state index contributed by atoms with van der Waals surface area (Å²) in [5.41, 5.74) is 3.04. The van der Waals surface area contributed by atoms with Crippen molar-refractivity contribution in [3.05, 3.63) is 65.8 Å². The van der Waals surface area contributed by atoms with Crippen LogP contribution in [0.5, 0.6) is 0 Å². The molecule has 4 rings (SSSR count). The van der Waals surface area contributed by atoms with Gasteiger partial charge in [-0.15, -0.1) is 11.3 Å². The first kappa shape index (κ1) is 19.3. The molecule has 0 radical (unpaired) electrons. The van der Waals surface area contributed by atoms with Crippen LogP contribution in [0.2, 0.25) is 0 Å². The van der Waals surface area contributed by atoms with Crippen LogP contribution in [0.4, 0.5) is 11.8 Å². The number of nitrogens with zero attached hydrogens (tertiary/aromatic N) is 3. The highest BCUT2D eigenvalue weighted by Crippen LogP contribution is 2.37. The molecule has 7 nitrogen and oxygen atoms in total. The van der Waals surface area contributed by atoms with E-state index in [1.54, 1.807) is 6.20 Å². The van der Waals surface area contributed by atoms with Crippen LogP contribution in [0.3, 0.4) is 0 Å². The van der Waals surface area contributed by atoms with Gasteiger partial charge in [0.15, 0.2) is 0 Å². The van der Waals surface area contributed by atoms with E-state index in [-0.39, 0.29) is 13.2 Å². The maximum atomic E-state index is 9.38. The van der Waals surface area contributed by atoms with E-state index >= 15 is 0 Å².